The van der Waals surface area contributed by atoms with E-state index in [4.69, 9.17) is 17.4 Å². The van der Waals surface area contributed by atoms with Crippen LogP contribution in [-0.4, -0.2) is 24.4 Å². The number of amides is 1. The van der Waals surface area contributed by atoms with Gasteiger partial charge < -0.3 is 0 Å². The van der Waals surface area contributed by atoms with Gasteiger partial charge in [0.15, 0.2) is 0 Å². The molecule has 1 aromatic rings. The molecule has 78 valence electrons. The summed E-state index contributed by atoms with van der Waals surface area (Å²) >= 11 is 7.29. The number of nitrogens with zero attached hydrogens (tertiary/aromatic N) is 1. The molecule has 1 heterocycles. The van der Waals surface area contributed by atoms with Crippen molar-refractivity contribution in [2.24, 2.45) is 5.84 Å². The number of hydrogen-bond acceptors (Lipinski definition) is 4. The smallest absolute Gasteiger partial charge is 0.248 e. The van der Waals surface area contributed by atoms with Gasteiger partial charge in [-0.25, -0.2) is 5.84 Å². The number of carbonyl (C=O) groups excluding carboxylic acids is 1. The van der Waals surface area contributed by atoms with Crippen LogP contribution >= 0.6 is 22.9 Å². The van der Waals surface area contributed by atoms with Crippen LogP contribution in [-0.2, 0) is 11.3 Å². The highest BCUT2D eigenvalue weighted by atomic mass is 35.5. The van der Waals surface area contributed by atoms with Gasteiger partial charge in [0, 0.05) is 11.4 Å². The number of likely N-dealkylation sites (N-methyl/N-ethyl adjacent to an activating group) is 1. The average molecular weight is 234 g/mol. The highest BCUT2D eigenvalue weighted by molar-refractivity contribution is 7.16. The van der Waals surface area contributed by atoms with Gasteiger partial charge in [0.25, 0.3) is 0 Å². The molecule has 0 bridgehead atoms. The van der Waals surface area contributed by atoms with Crippen LogP contribution in [0.3, 0.4) is 0 Å². The monoisotopic (exact) mass is 233 g/mol. The molecule has 4 nitrogen and oxygen atoms in total. The summed E-state index contributed by atoms with van der Waals surface area (Å²) in [5.74, 6) is 4.77. The molecular formula is C8H12ClN3OS. The van der Waals surface area contributed by atoms with Gasteiger partial charge in [0.1, 0.15) is 0 Å². The fourth-order valence-corrected chi connectivity index (χ4v) is 2.22. The van der Waals surface area contributed by atoms with E-state index in [0.717, 1.165) is 9.21 Å². The molecule has 1 rings (SSSR count). The third kappa shape index (κ3) is 3.63. The Bertz CT molecular complexity index is 315. The largest absolute Gasteiger partial charge is 0.293 e. The molecule has 1 amide bonds. The molecule has 0 aliphatic rings. The minimum atomic E-state index is -0.199. The summed E-state index contributed by atoms with van der Waals surface area (Å²) in [7, 11) is 1.85. The van der Waals surface area contributed by atoms with Crippen molar-refractivity contribution in [2.75, 3.05) is 13.6 Å². The summed E-state index contributed by atoms with van der Waals surface area (Å²) in [4.78, 5) is 13.9. The minimum absolute atomic E-state index is 0.199. The van der Waals surface area contributed by atoms with Gasteiger partial charge in [-0.15, -0.1) is 11.3 Å². The molecule has 0 fully saturated rings. The summed E-state index contributed by atoms with van der Waals surface area (Å²) in [6, 6.07) is 3.79. The van der Waals surface area contributed by atoms with E-state index in [1.54, 1.807) is 0 Å². The number of halogens is 1. The molecule has 0 spiro atoms. The molecule has 0 radical (unpaired) electrons. The van der Waals surface area contributed by atoms with Crippen molar-refractivity contribution in [3.8, 4) is 0 Å². The fraction of sp³-hybridized carbons (Fsp3) is 0.375. The third-order valence-corrected chi connectivity index (χ3v) is 2.85. The van der Waals surface area contributed by atoms with Gasteiger partial charge in [-0.1, -0.05) is 11.6 Å². The maximum absolute atomic E-state index is 10.9. The Hall–Kier alpha value is -0.620. The summed E-state index contributed by atoms with van der Waals surface area (Å²) in [6.45, 7) is 0.983. The van der Waals surface area contributed by atoms with Gasteiger partial charge >= 0.3 is 0 Å². The second-order valence-corrected chi connectivity index (χ2v) is 4.75. The molecule has 14 heavy (non-hydrogen) atoms. The molecule has 0 aliphatic carbocycles. The van der Waals surface area contributed by atoms with Gasteiger partial charge in [0.05, 0.1) is 10.9 Å². The van der Waals surface area contributed by atoms with Crippen molar-refractivity contribution in [1.82, 2.24) is 10.3 Å². The predicted octanol–water partition coefficient (Wildman–Crippen LogP) is 0.823. The number of rotatable bonds is 4. The summed E-state index contributed by atoms with van der Waals surface area (Å²) in [6.07, 6.45) is 0. The Kier molecular flexibility index (Phi) is 4.34. The molecular weight excluding hydrogens is 222 g/mol. The van der Waals surface area contributed by atoms with Crippen LogP contribution in [0.5, 0.6) is 0 Å². The molecule has 0 aromatic carbocycles. The number of thiophene rings is 1. The Labute approximate surface area is 91.6 Å². The maximum atomic E-state index is 10.9. The first-order valence-corrected chi connectivity index (χ1v) is 5.23. The van der Waals surface area contributed by atoms with E-state index in [0.29, 0.717) is 6.54 Å². The van der Waals surface area contributed by atoms with Crippen molar-refractivity contribution in [3.63, 3.8) is 0 Å². The van der Waals surface area contributed by atoms with E-state index in [9.17, 15) is 4.79 Å². The zero-order chi connectivity index (χ0) is 10.6. The summed E-state index contributed by atoms with van der Waals surface area (Å²) < 4.78 is 0.761. The number of nitrogens with one attached hydrogen (secondary N) is 1. The van der Waals surface area contributed by atoms with Crippen LogP contribution in [0.25, 0.3) is 0 Å². The molecule has 0 aliphatic heterocycles. The van der Waals surface area contributed by atoms with Crippen LogP contribution in [0.4, 0.5) is 0 Å². The summed E-state index contributed by atoms with van der Waals surface area (Å²) in [5, 5.41) is 0. The third-order valence-electron chi connectivity index (χ3n) is 1.63. The SMILES string of the molecule is CN(CC(=O)NN)Cc1ccc(Cl)s1. The highest BCUT2D eigenvalue weighted by Gasteiger charge is 2.06. The molecule has 0 atom stereocenters. The lowest BCUT2D eigenvalue weighted by atomic mass is 10.4. The van der Waals surface area contributed by atoms with Crippen LogP contribution in [0.2, 0.25) is 4.34 Å². The first-order chi connectivity index (χ1) is 6.61. The van der Waals surface area contributed by atoms with Crippen molar-refractivity contribution in [1.29, 1.82) is 0 Å². The van der Waals surface area contributed by atoms with Crippen molar-refractivity contribution < 1.29 is 4.79 Å². The van der Waals surface area contributed by atoms with E-state index in [2.05, 4.69) is 5.43 Å². The molecule has 3 N–H and O–H groups in total. The van der Waals surface area contributed by atoms with Gasteiger partial charge in [0.2, 0.25) is 5.91 Å². The average Bonchev–Trinajstić information content (AvgIpc) is 2.50. The van der Waals surface area contributed by atoms with E-state index >= 15 is 0 Å². The van der Waals surface area contributed by atoms with Crippen LogP contribution < -0.4 is 11.3 Å². The first-order valence-electron chi connectivity index (χ1n) is 4.04. The number of hydrogen-bond donors (Lipinski definition) is 2. The number of hydrazine groups is 1. The predicted molar refractivity (Wildman–Crippen MR) is 58.0 cm³/mol. The van der Waals surface area contributed by atoms with E-state index in [1.165, 1.54) is 11.3 Å². The van der Waals surface area contributed by atoms with Crippen molar-refractivity contribution in [2.45, 2.75) is 6.54 Å². The number of nitrogens with two attached hydrogens (primary N) is 1. The zero-order valence-corrected chi connectivity index (χ0v) is 9.36. The van der Waals surface area contributed by atoms with E-state index in [1.807, 2.05) is 24.1 Å². The Morgan fingerprint density at radius 3 is 2.93 bits per heavy atom. The second-order valence-electron chi connectivity index (χ2n) is 2.95. The number of carbonyl (C=O) groups is 1. The fourth-order valence-electron chi connectivity index (χ4n) is 1.05. The van der Waals surface area contributed by atoms with Crippen LogP contribution in [0, 0.1) is 0 Å². The molecule has 0 saturated carbocycles. The van der Waals surface area contributed by atoms with Gasteiger partial charge in [-0.05, 0) is 19.2 Å². The standard InChI is InChI=1S/C8H12ClN3OS/c1-12(5-8(13)11-10)4-6-2-3-7(9)14-6/h2-3H,4-5,10H2,1H3,(H,11,13). The van der Waals surface area contributed by atoms with Gasteiger partial charge in [-0.2, -0.15) is 0 Å². The lowest BCUT2D eigenvalue weighted by Crippen LogP contribution is -2.38. The van der Waals surface area contributed by atoms with Crippen LogP contribution in [0.15, 0.2) is 12.1 Å². The first kappa shape index (κ1) is 11.5. The minimum Gasteiger partial charge on any atom is -0.293 e. The van der Waals surface area contributed by atoms with Crippen molar-refractivity contribution >= 4 is 28.8 Å². The molecule has 1 aromatic heterocycles. The van der Waals surface area contributed by atoms with Gasteiger partial charge in [-0.3, -0.25) is 15.1 Å². The van der Waals surface area contributed by atoms with Crippen LogP contribution in [0.1, 0.15) is 4.88 Å². The molecule has 0 saturated heterocycles. The Morgan fingerprint density at radius 1 is 1.71 bits per heavy atom. The normalized spacial score (nSPS) is 10.6. The highest BCUT2D eigenvalue weighted by Crippen LogP contribution is 2.22. The Morgan fingerprint density at radius 2 is 2.43 bits per heavy atom. The quantitative estimate of drug-likeness (QED) is 0.460. The van der Waals surface area contributed by atoms with E-state index in [-0.39, 0.29) is 12.5 Å². The summed E-state index contributed by atoms with van der Waals surface area (Å²) in [5.41, 5.74) is 2.08. The lowest BCUT2D eigenvalue weighted by molar-refractivity contribution is -0.122. The maximum Gasteiger partial charge on any atom is 0.248 e. The van der Waals surface area contributed by atoms with E-state index < -0.39 is 0 Å². The Balaban J connectivity index is 2.41. The lowest BCUT2D eigenvalue weighted by Gasteiger charge is -2.13. The molecule has 6 heteroatoms. The topological polar surface area (TPSA) is 58.4 Å². The van der Waals surface area contributed by atoms with Crippen molar-refractivity contribution in [3.05, 3.63) is 21.3 Å². The second kappa shape index (κ2) is 5.31. The molecule has 0 unspecified atom stereocenters. The zero-order valence-electron chi connectivity index (χ0n) is 7.79.